The van der Waals surface area contributed by atoms with E-state index < -0.39 is 0 Å². The molecule has 210 valence electrons. The lowest BCUT2D eigenvalue weighted by Gasteiger charge is -2.35. The van der Waals surface area contributed by atoms with Gasteiger partial charge in [-0.3, -0.25) is 23.9 Å². The lowest BCUT2D eigenvalue weighted by Crippen LogP contribution is -2.41. The summed E-state index contributed by atoms with van der Waals surface area (Å²) in [5.74, 6) is 0.0910. The van der Waals surface area contributed by atoms with Crippen molar-refractivity contribution in [3.63, 3.8) is 0 Å². The summed E-state index contributed by atoms with van der Waals surface area (Å²) >= 11 is 6.82. The smallest absolute Gasteiger partial charge is 0.309 e. The first-order valence-electron chi connectivity index (χ1n) is 13.6. The molecule has 0 N–H and O–H groups in total. The van der Waals surface area contributed by atoms with E-state index in [1.807, 2.05) is 38.1 Å². The van der Waals surface area contributed by atoms with Gasteiger partial charge in [0.05, 0.1) is 24.0 Å². The van der Waals surface area contributed by atoms with Crippen molar-refractivity contribution >= 4 is 52.1 Å². The Labute approximate surface area is 244 Å². The monoisotopic (exact) mass is 578 g/mol. The number of carbonyl (C=O) groups excluding carboxylic acids is 2. The van der Waals surface area contributed by atoms with Crippen molar-refractivity contribution < 1.29 is 14.3 Å². The third kappa shape index (κ3) is 6.01. The number of ether oxygens (including phenoxy) is 1. The summed E-state index contributed by atoms with van der Waals surface area (Å²) in [6.07, 6.45) is 3.66. The predicted molar refractivity (Wildman–Crippen MR) is 162 cm³/mol. The first kappa shape index (κ1) is 29.6. The molecule has 0 atom stereocenters. The molecule has 1 aromatic heterocycles. The Morgan fingerprint density at radius 1 is 1.18 bits per heavy atom. The van der Waals surface area contributed by atoms with Crippen LogP contribution in [0.3, 0.4) is 0 Å². The summed E-state index contributed by atoms with van der Waals surface area (Å²) in [4.78, 5) is 43.5. The van der Waals surface area contributed by atoms with Gasteiger partial charge in [0.1, 0.15) is 21.8 Å². The average molecular weight is 579 g/mol. The minimum Gasteiger partial charge on any atom is -0.466 e. The summed E-state index contributed by atoms with van der Waals surface area (Å²) < 4.78 is 7.34. The summed E-state index contributed by atoms with van der Waals surface area (Å²) in [6, 6.07) is 10.1. The Hall–Kier alpha value is -3.42. The van der Waals surface area contributed by atoms with Crippen molar-refractivity contribution in [3.8, 4) is 6.07 Å². The van der Waals surface area contributed by atoms with Crippen molar-refractivity contribution in [3.05, 3.63) is 67.3 Å². The zero-order valence-electron chi connectivity index (χ0n) is 23.4. The van der Waals surface area contributed by atoms with Gasteiger partial charge < -0.3 is 9.64 Å². The van der Waals surface area contributed by atoms with Crippen LogP contribution in [0.2, 0.25) is 0 Å². The van der Waals surface area contributed by atoms with Crippen molar-refractivity contribution in [1.82, 2.24) is 9.47 Å². The summed E-state index contributed by atoms with van der Waals surface area (Å²) in [5.41, 5.74) is 3.04. The van der Waals surface area contributed by atoms with Crippen LogP contribution in [0.1, 0.15) is 60.9 Å². The molecule has 0 aliphatic carbocycles. The number of carbonyl (C=O) groups is 2. The van der Waals surface area contributed by atoms with E-state index in [2.05, 4.69) is 11.0 Å². The number of benzene rings is 1. The van der Waals surface area contributed by atoms with Gasteiger partial charge in [0.25, 0.3) is 11.5 Å². The Morgan fingerprint density at radius 2 is 1.85 bits per heavy atom. The molecule has 0 unspecified atom stereocenters. The Kier molecular flexibility index (Phi) is 9.48. The number of hydrogen-bond acceptors (Lipinski definition) is 8. The Morgan fingerprint density at radius 3 is 2.45 bits per heavy atom. The molecule has 8 nitrogen and oxygen atoms in total. The highest BCUT2D eigenvalue weighted by atomic mass is 32.2. The fourth-order valence-electron chi connectivity index (χ4n) is 5.15. The molecule has 1 amide bonds. The van der Waals surface area contributed by atoms with Crippen molar-refractivity contribution in [2.24, 2.45) is 5.92 Å². The third-order valence-corrected chi connectivity index (χ3v) is 8.70. The normalized spacial score (nSPS) is 17.0. The zero-order chi connectivity index (χ0) is 29.0. The van der Waals surface area contributed by atoms with E-state index in [-0.39, 0.29) is 28.9 Å². The Balaban J connectivity index is 1.75. The van der Waals surface area contributed by atoms with E-state index in [9.17, 15) is 19.6 Å². The number of hydrogen-bond donors (Lipinski definition) is 0. The van der Waals surface area contributed by atoms with Crippen LogP contribution in [0.15, 0.2) is 34.0 Å². The van der Waals surface area contributed by atoms with Crippen LogP contribution in [0.5, 0.6) is 0 Å². The average Bonchev–Trinajstić information content (AvgIpc) is 3.20. The number of rotatable bonds is 8. The van der Waals surface area contributed by atoms with Gasteiger partial charge in [0.2, 0.25) is 0 Å². The first-order valence-corrected chi connectivity index (χ1v) is 14.8. The predicted octanol–water partition coefficient (Wildman–Crippen LogP) is 4.93. The van der Waals surface area contributed by atoms with Gasteiger partial charge in [0.15, 0.2) is 0 Å². The topological polar surface area (TPSA) is 95.6 Å². The van der Waals surface area contributed by atoms with Gasteiger partial charge in [0, 0.05) is 25.2 Å². The number of nitrogens with zero attached hydrogens (tertiary/aromatic N) is 4. The number of nitriles is 1. The molecule has 0 bridgehead atoms. The lowest BCUT2D eigenvalue weighted by molar-refractivity contribution is -0.148. The molecule has 10 heteroatoms. The molecule has 0 spiro atoms. The minimum absolute atomic E-state index is 0.0694. The second-order valence-electron chi connectivity index (χ2n) is 10.1. The molecular weight excluding hydrogens is 544 g/mol. The summed E-state index contributed by atoms with van der Waals surface area (Å²) in [7, 11) is 0. The number of aryl methyl sites for hydroxylation is 1. The zero-order valence-corrected chi connectivity index (χ0v) is 25.0. The van der Waals surface area contributed by atoms with Crippen LogP contribution >= 0.6 is 24.0 Å². The number of thiocarbonyl (C=S) groups is 1. The maximum atomic E-state index is 13.6. The fraction of sp³-hybridized carbons (Fsp3) is 0.433. The van der Waals surface area contributed by atoms with E-state index in [1.165, 1.54) is 11.8 Å². The van der Waals surface area contributed by atoms with Gasteiger partial charge in [-0.05, 0) is 57.2 Å². The fourth-order valence-corrected chi connectivity index (χ4v) is 6.38. The van der Waals surface area contributed by atoms with E-state index in [0.717, 1.165) is 11.1 Å². The molecular formula is C30H34N4O4S2. The molecule has 0 radical (unpaired) electrons. The van der Waals surface area contributed by atoms with Crippen LogP contribution in [-0.2, 0) is 27.4 Å². The highest BCUT2D eigenvalue weighted by molar-refractivity contribution is 8.26. The molecule has 2 aromatic rings. The lowest BCUT2D eigenvalue weighted by atomic mass is 9.95. The quantitative estimate of drug-likeness (QED) is 0.247. The molecule has 1 aromatic carbocycles. The minimum atomic E-state index is -0.339. The van der Waals surface area contributed by atoms with Gasteiger partial charge in [-0.1, -0.05) is 60.7 Å². The SMILES string of the molecule is CCCn1c(N2CCC(C(=O)OCC)CC2)c(C=C2SC(=S)N(Cc3ccc(C)cc3)C2=O)c(C)c(C#N)c1=O. The number of esters is 1. The molecule has 2 aliphatic rings. The number of piperidine rings is 1. The van der Waals surface area contributed by atoms with Gasteiger partial charge in [-0.15, -0.1) is 0 Å². The maximum Gasteiger partial charge on any atom is 0.309 e. The molecule has 0 saturated carbocycles. The number of aromatic nitrogens is 1. The van der Waals surface area contributed by atoms with Crippen LogP contribution < -0.4 is 10.5 Å². The number of amides is 1. The van der Waals surface area contributed by atoms with Crippen molar-refractivity contribution in [2.45, 2.75) is 60.0 Å². The van der Waals surface area contributed by atoms with Crippen LogP contribution in [0.4, 0.5) is 5.82 Å². The largest absolute Gasteiger partial charge is 0.466 e. The highest BCUT2D eigenvalue weighted by Crippen LogP contribution is 2.37. The summed E-state index contributed by atoms with van der Waals surface area (Å²) in [6.45, 7) is 9.78. The number of anilines is 1. The Bertz CT molecular complexity index is 1450. The molecule has 3 heterocycles. The summed E-state index contributed by atoms with van der Waals surface area (Å²) in [5, 5.41) is 9.89. The van der Waals surface area contributed by atoms with Gasteiger partial charge in [-0.2, -0.15) is 5.26 Å². The number of pyridine rings is 1. The second kappa shape index (κ2) is 12.8. The van der Waals surface area contributed by atoms with Crippen LogP contribution in [-0.4, -0.2) is 45.4 Å². The van der Waals surface area contributed by atoms with E-state index in [0.29, 0.717) is 78.2 Å². The molecule has 40 heavy (non-hydrogen) atoms. The molecule has 2 aliphatic heterocycles. The standard InChI is InChI=1S/C30H34N4O4S2/c1-5-13-33-26(32-14-11-22(12-15-32)29(37)38-6-2)23(20(4)24(17-31)27(33)35)16-25-28(36)34(30(39)40-25)18-21-9-7-19(3)8-10-21/h7-10,16,22H,5-6,11-15,18H2,1-4H3. The first-order chi connectivity index (χ1) is 19.2. The second-order valence-corrected chi connectivity index (χ2v) is 11.7. The maximum absolute atomic E-state index is 13.6. The van der Waals surface area contributed by atoms with Gasteiger partial charge >= 0.3 is 5.97 Å². The molecule has 2 saturated heterocycles. The van der Waals surface area contributed by atoms with Crippen LogP contribution in [0.25, 0.3) is 6.08 Å². The van der Waals surface area contributed by atoms with Crippen molar-refractivity contribution in [1.29, 1.82) is 5.26 Å². The van der Waals surface area contributed by atoms with Gasteiger partial charge in [-0.25, -0.2) is 0 Å². The molecule has 4 rings (SSSR count). The number of thioether (sulfide) groups is 1. The van der Waals surface area contributed by atoms with Crippen molar-refractivity contribution in [2.75, 3.05) is 24.6 Å². The van der Waals surface area contributed by atoms with E-state index in [1.54, 1.807) is 29.4 Å². The third-order valence-electron chi connectivity index (χ3n) is 7.32. The van der Waals surface area contributed by atoms with E-state index in [4.69, 9.17) is 17.0 Å². The highest BCUT2D eigenvalue weighted by Gasteiger charge is 2.34. The van der Waals surface area contributed by atoms with Crippen LogP contribution in [0, 0.1) is 31.1 Å². The van der Waals surface area contributed by atoms with E-state index >= 15 is 0 Å². The molecule has 2 fully saturated rings.